The number of carbonyl (C=O) groups is 1. The molecule has 3 aromatic carbocycles. The third-order valence-corrected chi connectivity index (χ3v) is 8.54. The van der Waals surface area contributed by atoms with E-state index in [4.69, 9.17) is 0 Å². The predicted octanol–water partition coefficient (Wildman–Crippen LogP) is 8.86. The quantitative estimate of drug-likeness (QED) is 0.163. The number of halogens is 1. The number of hydrogen-bond acceptors (Lipinski definition) is 4. The lowest BCUT2D eigenvalue weighted by molar-refractivity contribution is -0.120. The van der Waals surface area contributed by atoms with E-state index in [2.05, 4.69) is 69.1 Å². The zero-order chi connectivity index (χ0) is 30.3. The number of aromatic nitrogens is 2. The van der Waals surface area contributed by atoms with Gasteiger partial charge in [-0.1, -0.05) is 72.3 Å². The summed E-state index contributed by atoms with van der Waals surface area (Å²) in [4.78, 5) is 22.7. The minimum atomic E-state index is -0.402. The Morgan fingerprint density at radius 1 is 0.955 bits per heavy atom. The van der Waals surface area contributed by atoms with E-state index in [0.717, 1.165) is 22.2 Å². The first-order valence-electron chi connectivity index (χ1n) is 14.6. The Kier molecular flexibility index (Phi) is 8.94. The largest absolute Gasteiger partial charge is 0.386 e. The lowest BCUT2D eigenvalue weighted by atomic mass is 9.96. The van der Waals surface area contributed by atoms with Crippen LogP contribution in [0.3, 0.4) is 0 Å². The van der Waals surface area contributed by atoms with Crippen molar-refractivity contribution in [3.63, 3.8) is 0 Å². The molecule has 3 heterocycles. The Morgan fingerprint density at radius 2 is 1.70 bits per heavy atom. The van der Waals surface area contributed by atoms with Gasteiger partial charge < -0.3 is 15.6 Å². The van der Waals surface area contributed by atoms with Crippen LogP contribution in [0.25, 0.3) is 38.5 Å². The summed E-state index contributed by atoms with van der Waals surface area (Å²) >= 11 is 1.88. The van der Waals surface area contributed by atoms with Crippen molar-refractivity contribution in [2.24, 2.45) is 0 Å². The Labute approximate surface area is 260 Å². The highest BCUT2D eigenvalue weighted by molar-refractivity contribution is 7.16. The molecule has 3 aromatic heterocycles. The number of nitrogens with one attached hydrogen (secondary N) is 3. The number of benzene rings is 3. The lowest BCUT2D eigenvalue weighted by Crippen LogP contribution is -2.25. The number of H-pyrrole nitrogens is 1. The summed E-state index contributed by atoms with van der Waals surface area (Å²) in [6.45, 7) is 0.335. The molecule has 0 radical (unpaired) electrons. The molecule has 0 atom stereocenters. The highest BCUT2D eigenvalue weighted by Gasteiger charge is 2.17. The van der Waals surface area contributed by atoms with Crippen molar-refractivity contribution in [2.45, 2.75) is 25.8 Å². The molecule has 44 heavy (non-hydrogen) atoms. The average molecular weight is 601 g/mol. The summed E-state index contributed by atoms with van der Waals surface area (Å²) in [5.74, 6) is -0.646. The van der Waals surface area contributed by atoms with Gasteiger partial charge in [-0.25, -0.2) is 4.39 Å². The zero-order valence-electron chi connectivity index (χ0n) is 24.4. The van der Waals surface area contributed by atoms with Gasteiger partial charge in [0.25, 0.3) is 0 Å². The number of amides is 1. The maximum Gasteiger partial charge on any atom is 0.224 e. The van der Waals surface area contributed by atoms with E-state index < -0.39 is 5.82 Å². The van der Waals surface area contributed by atoms with E-state index >= 15 is 4.39 Å². The Hall–Kier alpha value is -5.01. The van der Waals surface area contributed by atoms with E-state index in [1.807, 2.05) is 59.9 Å². The topological polar surface area (TPSA) is 69.8 Å². The first-order valence-corrected chi connectivity index (χ1v) is 15.5. The molecule has 1 saturated carbocycles. The molecule has 7 rings (SSSR count). The van der Waals surface area contributed by atoms with Crippen molar-refractivity contribution in [1.82, 2.24) is 15.3 Å². The van der Waals surface area contributed by atoms with Crippen LogP contribution < -0.4 is 10.6 Å². The summed E-state index contributed by atoms with van der Waals surface area (Å²) in [5, 5.41) is 6.70. The predicted molar refractivity (Wildman–Crippen MR) is 180 cm³/mol. The Morgan fingerprint density at radius 3 is 2.41 bits per heavy atom. The van der Waals surface area contributed by atoms with Gasteiger partial charge in [0.2, 0.25) is 5.91 Å². The highest BCUT2D eigenvalue weighted by atomic mass is 32.1. The van der Waals surface area contributed by atoms with Crippen LogP contribution >= 0.6 is 11.3 Å². The van der Waals surface area contributed by atoms with Gasteiger partial charge in [0, 0.05) is 51.4 Å². The Bertz CT molecular complexity index is 1870. The maximum atomic E-state index is 15.0. The molecule has 0 spiro atoms. The molecule has 1 aliphatic rings. The van der Waals surface area contributed by atoms with Gasteiger partial charge in [0.05, 0.1) is 18.7 Å². The number of aromatic amines is 1. The summed E-state index contributed by atoms with van der Waals surface area (Å²) in [6.07, 6.45) is 8.37. The Balaban J connectivity index is 0.000000190. The molecule has 3 N–H and O–H groups in total. The molecule has 0 aliphatic heterocycles. The van der Waals surface area contributed by atoms with Gasteiger partial charge in [-0.3, -0.25) is 9.78 Å². The fourth-order valence-corrected chi connectivity index (χ4v) is 6.03. The summed E-state index contributed by atoms with van der Waals surface area (Å²) < 4.78 is 15.0. The fraction of sp³-hybridized carbons (Fsp3) is 0.135. The maximum absolute atomic E-state index is 15.0. The fourth-order valence-electron chi connectivity index (χ4n) is 5.03. The van der Waals surface area contributed by atoms with E-state index in [0.29, 0.717) is 23.4 Å². The number of carbonyl (C=O) groups excluding carboxylic acids is 1. The van der Waals surface area contributed by atoms with Crippen molar-refractivity contribution >= 4 is 39.9 Å². The van der Waals surface area contributed by atoms with Crippen LogP contribution in [0.2, 0.25) is 0 Å². The molecule has 5 nitrogen and oxygen atoms in total. The second kappa shape index (κ2) is 13.5. The number of thiophene rings is 1. The summed E-state index contributed by atoms with van der Waals surface area (Å²) in [5.41, 5.74) is 7.09. The third kappa shape index (κ3) is 7.13. The van der Waals surface area contributed by atoms with Crippen LogP contribution in [0.4, 0.5) is 10.1 Å². The van der Waals surface area contributed by atoms with Crippen LogP contribution in [0.5, 0.6) is 0 Å². The number of anilines is 1. The van der Waals surface area contributed by atoms with Crippen LogP contribution in [0.15, 0.2) is 115 Å². The van der Waals surface area contributed by atoms with Crippen molar-refractivity contribution in [2.75, 3.05) is 12.4 Å². The van der Waals surface area contributed by atoms with Crippen molar-refractivity contribution in [1.29, 1.82) is 0 Å². The number of pyridine rings is 1. The van der Waals surface area contributed by atoms with Gasteiger partial charge in [-0.15, -0.1) is 11.3 Å². The van der Waals surface area contributed by atoms with Crippen LogP contribution in [-0.2, 0) is 17.8 Å². The van der Waals surface area contributed by atoms with Crippen molar-refractivity contribution in [3.8, 4) is 21.6 Å². The van der Waals surface area contributed by atoms with Gasteiger partial charge in [0.1, 0.15) is 0 Å². The minimum Gasteiger partial charge on any atom is -0.386 e. The molecule has 220 valence electrons. The average Bonchev–Trinajstić information content (AvgIpc) is 3.58. The smallest absolute Gasteiger partial charge is 0.224 e. The molecular formula is C37H33FN4OS. The molecule has 0 saturated heterocycles. The first-order chi connectivity index (χ1) is 21.6. The van der Waals surface area contributed by atoms with Crippen molar-refractivity contribution < 1.29 is 9.18 Å². The second-order valence-electron chi connectivity index (χ2n) is 10.7. The molecule has 1 aliphatic carbocycles. The molecule has 1 amide bonds. The minimum absolute atomic E-state index is 0.0482. The van der Waals surface area contributed by atoms with Crippen LogP contribution in [-0.4, -0.2) is 22.9 Å². The number of hydrogen-bond donors (Lipinski definition) is 3. The van der Waals surface area contributed by atoms with Crippen LogP contribution in [0, 0.1) is 5.82 Å². The number of fused-ring (bicyclic) bond motifs is 1. The second-order valence-corrected chi connectivity index (χ2v) is 11.8. The monoisotopic (exact) mass is 600 g/mol. The van der Waals surface area contributed by atoms with Gasteiger partial charge in [-0.2, -0.15) is 0 Å². The molecular weight excluding hydrogens is 567 g/mol. The molecule has 6 aromatic rings. The van der Waals surface area contributed by atoms with E-state index in [1.165, 1.54) is 28.2 Å². The third-order valence-electron chi connectivity index (χ3n) is 7.46. The molecule has 0 bridgehead atoms. The number of rotatable bonds is 8. The van der Waals surface area contributed by atoms with E-state index in [9.17, 15) is 4.79 Å². The van der Waals surface area contributed by atoms with Crippen LogP contribution in [0.1, 0.15) is 29.0 Å². The zero-order valence-corrected chi connectivity index (χ0v) is 25.3. The van der Waals surface area contributed by atoms with Gasteiger partial charge in [-0.05, 0) is 65.9 Å². The lowest BCUT2D eigenvalue weighted by Gasteiger charge is -2.14. The van der Waals surface area contributed by atoms with Gasteiger partial charge >= 0.3 is 0 Å². The molecule has 0 unspecified atom stereocenters. The van der Waals surface area contributed by atoms with E-state index in [1.54, 1.807) is 31.1 Å². The standard InChI is InChI=1S/C23H21FN4O.C14H12S/c1-25-21-8-7-18(15-5-3-2-4-6-15)19(23(21)24)12-22(29)27-14-17-11-16-13-26-10-9-20(16)28-17;1-2-4-12(5-3-1)14-9-8-13(15-14)10-11-6-7-11/h2-11,13,25,28H,12,14H2,1H3,(H,27,29);1-5,8-10H,6-7H2. The normalized spacial score (nSPS) is 11.9. The highest BCUT2D eigenvalue weighted by Crippen LogP contribution is 2.35. The summed E-state index contributed by atoms with van der Waals surface area (Å²) in [6, 6.07) is 31.9. The first kappa shape index (κ1) is 29.1. The number of allylic oxidation sites excluding steroid dienone is 1. The summed E-state index contributed by atoms with van der Waals surface area (Å²) in [7, 11) is 1.66. The van der Waals surface area contributed by atoms with E-state index in [-0.39, 0.29) is 12.3 Å². The van der Waals surface area contributed by atoms with Gasteiger partial charge in [0.15, 0.2) is 5.82 Å². The SMILES string of the molecule is C(=C1CC1)c1ccc(-c2ccccc2)s1.CNc1ccc(-c2ccccc2)c(CC(=O)NCc2cc3cnccc3[nH]2)c1F. The van der Waals surface area contributed by atoms with Crippen molar-refractivity contribution in [3.05, 3.63) is 137 Å². The molecule has 1 fully saturated rings. The number of nitrogens with zero attached hydrogens (tertiary/aromatic N) is 1. The molecule has 7 heteroatoms.